The van der Waals surface area contributed by atoms with Crippen molar-refractivity contribution in [3.8, 4) is 10.6 Å². The average molecular weight is 390 g/mol. The Balaban J connectivity index is 1.46. The van der Waals surface area contributed by atoms with Crippen LogP contribution in [-0.2, 0) is 22.6 Å². The van der Waals surface area contributed by atoms with Crippen molar-refractivity contribution in [3.05, 3.63) is 64.5 Å². The van der Waals surface area contributed by atoms with E-state index in [9.17, 15) is 9.59 Å². The summed E-state index contributed by atoms with van der Waals surface area (Å²) in [6.45, 7) is 0.191. The van der Waals surface area contributed by atoms with Crippen molar-refractivity contribution in [2.24, 2.45) is 0 Å². The van der Waals surface area contributed by atoms with Gasteiger partial charge in [0.1, 0.15) is 10.8 Å². The fourth-order valence-corrected chi connectivity index (χ4v) is 3.35. The van der Waals surface area contributed by atoms with E-state index in [1.54, 1.807) is 18.2 Å². The normalized spacial score (nSPS) is 10.5. The summed E-state index contributed by atoms with van der Waals surface area (Å²) in [7, 11) is 0. The van der Waals surface area contributed by atoms with Crippen LogP contribution in [0, 0.1) is 0 Å². The standard InChI is InChI=1S/C18H16ClN3O3S/c19-15-6-2-1-5-14(15)18-22-12(11-26-18)8-16(23)21-10-17(24)20-9-13-4-3-7-25-13/h1-7,11H,8-10H2,(H,20,24)(H,21,23). The van der Waals surface area contributed by atoms with Gasteiger partial charge in [0.25, 0.3) is 0 Å². The summed E-state index contributed by atoms with van der Waals surface area (Å²) in [5.74, 6) is 0.0955. The number of rotatable bonds is 7. The molecule has 0 radical (unpaired) electrons. The van der Waals surface area contributed by atoms with E-state index in [4.69, 9.17) is 16.0 Å². The molecular formula is C18H16ClN3O3S. The van der Waals surface area contributed by atoms with Gasteiger partial charge in [0, 0.05) is 10.9 Å². The molecule has 8 heteroatoms. The quantitative estimate of drug-likeness (QED) is 0.650. The Hall–Kier alpha value is -2.64. The van der Waals surface area contributed by atoms with Crippen LogP contribution in [0.4, 0.5) is 0 Å². The molecule has 3 rings (SSSR count). The highest BCUT2D eigenvalue weighted by Crippen LogP contribution is 2.30. The van der Waals surface area contributed by atoms with Crippen LogP contribution in [0.25, 0.3) is 10.6 Å². The van der Waals surface area contributed by atoms with Crippen LogP contribution < -0.4 is 10.6 Å². The lowest BCUT2D eigenvalue weighted by atomic mass is 10.2. The minimum Gasteiger partial charge on any atom is -0.467 e. The largest absolute Gasteiger partial charge is 0.467 e. The molecule has 0 atom stereocenters. The van der Waals surface area contributed by atoms with Gasteiger partial charge in [0.15, 0.2) is 0 Å². The maximum Gasteiger partial charge on any atom is 0.239 e. The first-order valence-corrected chi connectivity index (χ1v) is 9.12. The first kappa shape index (κ1) is 18.2. The molecule has 26 heavy (non-hydrogen) atoms. The number of hydrogen-bond acceptors (Lipinski definition) is 5. The van der Waals surface area contributed by atoms with Crippen molar-refractivity contribution in [1.29, 1.82) is 0 Å². The van der Waals surface area contributed by atoms with Crippen LogP contribution in [0.3, 0.4) is 0 Å². The highest BCUT2D eigenvalue weighted by molar-refractivity contribution is 7.13. The third-order valence-electron chi connectivity index (χ3n) is 3.48. The van der Waals surface area contributed by atoms with Crippen LogP contribution in [0.15, 0.2) is 52.5 Å². The molecule has 0 saturated heterocycles. The molecule has 0 aliphatic carbocycles. The minimum absolute atomic E-state index is 0.0962. The van der Waals surface area contributed by atoms with Crippen molar-refractivity contribution in [1.82, 2.24) is 15.6 Å². The molecule has 2 aromatic heterocycles. The number of halogens is 1. The van der Waals surface area contributed by atoms with Crippen LogP contribution >= 0.6 is 22.9 Å². The number of amides is 2. The number of nitrogens with one attached hydrogen (secondary N) is 2. The smallest absolute Gasteiger partial charge is 0.239 e. The summed E-state index contributed by atoms with van der Waals surface area (Å²) >= 11 is 7.59. The van der Waals surface area contributed by atoms with E-state index >= 15 is 0 Å². The lowest BCUT2D eigenvalue weighted by Gasteiger charge is -2.05. The Morgan fingerprint density at radius 2 is 1.96 bits per heavy atom. The fraction of sp³-hybridized carbons (Fsp3) is 0.167. The van der Waals surface area contributed by atoms with Gasteiger partial charge in [-0.15, -0.1) is 11.3 Å². The zero-order valence-corrected chi connectivity index (χ0v) is 15.3. The molecule has 6 nitrogen and oxygen atoms in total. The zero-order chi connectivity index (χ0) is 18.4. The predicted molar refractivity (Wildman–Crippen MR) is 99.8 cm³/mol. The second kappa shape index (κ2) is 8.64. The maximum atomic E-state index is 12.0. The van der Waals surface area contributed by atoms with E-state index in [0.717, 1.165) is 10.6 Å². The molecular weight excluding hydrogens is 374 g/mol. The Morgan fingerprint density at radius 1 is 1.12 bits per heavy atom. The average Bonchev–Trinajstić information content (AvgIpc) is 3.30. The summed E-state index contributed by atoms with van der Waals surface area (Å²) in [6, 6.07) is 10.9. The predicted octanol–water partition coefficient (Wildman–Crippen LogP) is 3.03. The number of nitrogens with zero attached hydrogens (tertiary/aromatic N) is 1. The fourth-order valence-electron chi connectivity index (χ4n) is 2.21. The van der Waals surface area contributed by atoms with Gasteiger partial charge in [-0.3, -0.25) is 9.59 Å². The van der Waals surface area contributed by atoms with E-state index in [1.807, 2.05) is 23.6 Å². The number of aromatic nitrogens is 1. The Kier molecular flexibility index (Phi) is 6.04. The molecule has 0 aliphatic heterocycles. The minimum atomic E-state index is -0.287. The third kappa shape index (κ3) is 4.93. The van der Waals surface area contributed by atoms with Crippen molar-refractivity contribution in [2.75, 3.05) is 6.54 Å². The molecule has 0 saturated carbocycles. The van der Waals surface area contributed by atoms with Crippen molar-refractivity contribution >= 4 is 34.8 Å². The van der Waals surface area contributed by atoms with E-state index in [1.165, 1.54) is 17.6 Å². The van der Waals surface area contributed by atoms with E-state index in [-0.39, 0.29) is 31.3 Å². The molecule has 1 aromatic carbocycles. The summed E-state index contributed by atoms with van der Waals surface area (Å²) in [5.41, 5.74) is 1.47. The SMILES string of the molecule is O=C(CNC(=O)Cc1csc(-c2ccccc2Cl)n1)NCc1ccco1. The summed E-state index contributed by atoms with van der Waals surface area (Å²) in [4.78, 5) is 28.2. The molecule has 2 N–H and O–H groups in total. The highest BCUT2D eigenvalue weighted by Gasteiger charge is 2.12. The lowest BCUT2D eigenvalue weighted by Crippen LogP contribution is -2.37. The van der Waals surface area contributed by atoms with Gasteiger partial charge in [0.05, 0.1) is 36.5 Å². The number of thiazole rings is 1. The van der Waals surface area contributed by atoms with Gasteiger partial charge in [-0.1, -0.05) is 29.8 Å². The molecule has 2 amide bonds. The van der Waals surface area contributed by atoms with Crippen molar-refractivity contribution < 1.29 is 14.0 Å². The summed E-state index contributed by atoms with van der Waals surface area (Å²) < 4.78 is 5.12. The van der Waals surface area contributed by atoms with Crippen LogP contribution in [0.5, 0.6) is 0 Å². The van der Waals surface area contributed by atoms with E-state index in [2.05, 4.69) is 15.6 Å². The molecule has 134 valence electrons. The van der Waals surface area contributed by atoms with E-state index in [0.29, 0.717) is 16.5 Å². The molecule has 0 bridgehead atoms. The first-order valence-electron chi connectivity index (χ1n) is 7.87. The van der Waals surface area contributed by atoms with Crippen molar-refractivity contribution in [2.45, 2.75) is 13.0 Å². The van der Waals surface area contributed by atoms with Crippen LogP contribution in [-0.4, -0.2) is 23.3 Å². The Labute approximate surface area is 159 Å². The number of hydrogen-bond donors (Lipinski definition) is 2. The number of carbonyl (C=O) groups excluding carboxylic acids is 2. The van der Waals surface area contributed by atoms with Gasteiger partial charge in [0.2, 0.25) is 11.8 Å². The maximum absolute atomic E-state index is 12.0. The molecule has 0 fully saturated rings. The highest BCUT2D eigenvalue weighted by atomic mass is 35.5. The molecule has 0 spiro atoms. The van der Waals surface area contributed by atoms with E-state index < -0.39 is 0 Å². The topological polar surface area (TPSA) is 84.2 Å². The monoisotopic (exact) mass is 389 g/mol. The molecule has 3 aromatic rings. The van der Waals surface area contributed by atoms with Gasteiger partial charge in [-0.25, -0.2) is 4.98 Å². The number of benzene rings is 1. The van der Waals surface area contributed by atoms with Gasteiger partial charge in [-0.2, -0.15) is 0 Å². The Morgan fingerprint density at radius 3 is 2.73 bits per heavy atom. The summed E-state index contributed by atoms with van der Waals surface area (Å²) in [5, 5.41) is 8.43. The van der Waals surface area contributed by atoms with Gasteiger partial charge in [-0.05, 0) is 18.2 Å². The van der Waals surface area contributed by atoms with Crippen molar-refractivity contribution in [3.63, 3.8) is 0 Å². The van der Waals surface area contributed by atoms with Gasteiger partial charge >= 0.3 is 0 Å². The molecule has 0 unspecified atom stereocenters. The summed E-state index contributed by atoms with van der Waals surface area (Å²) in [6.07, 6.45) is 1.64. The second-order valence-electron chi connectivity index (χ2n) is 5.43. The second-order valence-corrected chi connectivity index (χ2v) is 6.70. The zero-order valence-electron chi connectivity index (χ0n) is 13.7. The molecule has 2 heterocycles. The molecule has 0 aliphatic rings. The van der Waals surface area contributed by atoms with Crippen LogP contribution in [0.2, 0.25) is 5.02 Å². The van der Waals surface area contributed by atoms with Gasteiger partial charge < -0.3 is 15.1 Å². The lowest BCUT2D eigenvalue weighted by molar-refractivity contribution is -0.125. The number of carbonyl (C=O) groups is 2. The first-order chi connectivity index (χ1) is 12.6. The third-order valence-corrected chi connectivity index (χ3v) is 4.74. The Bertz CT molecular complexity index is 893. The van der Waals surface area contributed by atoms with Crippen LogP contribution in [0.1, 0.15) is 11.5 Å². The number of furan rings is 1.